The number of esters is 1. The van der Waals surface area contributed by atoms with Crippen LogP contribution in [0.15, 0.2) is 42.6 Å². The molecular formula is C18H21N3O3. The van der Waals surface area contributed by atoms with Crippen LogP contribution in [-0.4, -0.2) is 36.6 Å². The van der Waals surface area contributed by atoms with E-state index in [1.807, 2.05) is 24.3 Å². The first-order chi connectivity index (χ1) is 11.7. The second-order valence-corrected chi connectivity index (χ2v) is 5.80. The van der Waals surface area contributed by atoms with E-state index in [1.165, 1.54) is 24.9 Å². The summed E-state index contributed by atoms with van der Waals surface area (Å²) in [5, 5.41) is 2.73. The zero-order valence-electron chi connectivity index (χ0n) is 13.5. The third-order valence-electron chi connectivity index (χ3n) is 4.02. The molecule has 24 heavy (non-hydrogen) atoms. The number of piperidine rings is 1. The predicted molar refractivity (Wildman–Crippen MR) is 92.2 cm³/mol. The summed E-state index contributed by atoms with van der Waals surface area (Å²) in [7, 11) is 0. The molecule has 0 aliphatic carbocycles. The van der Waals surface area contributed by atoms with Crippen LogP contribution < -0.4 is 10.2 Å². The number of benzene rings is 1. The third kappa shape index (κ3) is 4.16. The number of hydrogen-bond donors (Lipinski definition) is 2. The van der Waals surface area contributed by atoms with Crippen molar-refractivity contribution in [2.45, 2.75) is 19.3 Å². The van der Waals surface area contributed by atoms with Gasteiger partial charge in [-0.3, -0.25) is 4.79 Å². The number of hydrogen-bond acceptors (Lipinski definition) is 4. The first-order valence-electron chi connectivity index (χ1n) is 8.18. The Balaban J connectivity index is 1.48. The topological polar surface area (TPSA) is 74.4 Å². The Morgan fingerprint density at radius 2 is 1.83 bits per heavy atom. The molecule has 6 heteroatoms. The smallest absolute Gasteiger partial charge is 0.355 e. The molecular weight excluding hydrogens is 306 g/mol. The van der Waals surface area contributed by atoms with Gasteiger partial charge in [0.05, 0.1) is 0 Å². The second-order valence-electron chi connectivity index (χ2n) is 5.80. The summed E-state index contributed by atoms with van der Waals surface area (Å²) in [6, 6.07) is 11.0. The molecule has 1 aliphatic rings. The number of anilines is 2. The van der Waals surface area contributed by atoms with Crippen molar-refractivity contribution in [3.8, 4) is 0 Å². The number of carbonyl (C=O) groups excluding carboxylic acids is 2. The Hall–Kier alpha value is -2.76. The molecule has 1 aromatic carbocycles. The van der Waals surface area contributed by atoms with Crippen molar-refractivity contribution in [2.75, 3.05) is 29.9 Å². The molecule has 126 valence electrons. The van der Waals surface area contributed by atoms with Gasteiger partial charge >= 0.3 is 5.97 Å². The lowest BCUT2D eigenvalue weighted by molar-refractivity contribution is -0.119. The van der Waals surface area contributed by atoms with Gasteiger partial charge in [0.1, 0.15) is 5.69 Å². The average molecular weight is 327 g/mol. The fourth-order valence-corrected chi connectivity index (χ4v) is 2.77. The lowest BCUT2D eigenvalue weighted by Gasteiger charge is -2.28. The molecule has 1 aliphatic heterocycles. The van der Waals surface area contributed by atoms with Gasteiger partial charge in [0, 0.05) is 30.7 Å². The first kappa shape index (κ1) is 16.1. The van der Waals surface area contributed by atoms with E-state index in [0.717, 1.165) is 13.1 Å². The van der Waals surface area contributed by atoms with Crippen molar-refractivity contribution >= 4 is 23.3 Å². The van der Waals surface area contributed by atoms with E-state index in [1.54, 1.807) is 18.3 Å². The Kier molecular flexibility index (Phi) is 5.15. The van der Waals surface area contributed by atoms with Crippen molar-refractivity contribution in [3.63, 3.8) is 0 Å². The monoisotopic (exact) mass is 327 g/mol. The summed E-state index contributed by atoms with van der Waals surface area (Å²) in [4.78, 5) is 28.6. The summed E-state index contributed by atoms with van der Waals surface area (Å²) >= 11 is 0. The molecule has 0 atom stereocenters. The van der Waals surface area contributed by atoms with Crippen molar-refractivity contribution in [2.24, 2.45) is 0 Å². The molecule has 6 nitrogen and oxygen atoms in total. The second kappa shape index (κ2) is 7.68. The van der Waals surface area contributed by atoms with Crippen LogP contribution in [0.5, 0.6) is 0 Å². The zero-order valence-corrected chi connectivity index (χ0v) is 13.5. The molecule has 1 fully saturated rings. The maximum atomic E-state index is 11.9. The van der Waals surface area contributed by atoms with Crippen LogP contribution in [-0.2, 0) is 9.53 Å². The van der Waals surface area contributed by atoms with Crippen LogP contribution in [0.4, 0.5) is 11.4 Å². The van der Waals surface area contributed by atoms with Gasteiger partial charge in [-0.25, -0.2) is 4.79 Å². The SMILES string of the molecule is O=C(COC(=O)c1ccc[nH]1)Nc1ccc(N2CCCCC2)cc1. The lowest BCUT2D eigenvalue weighted by atomic mass is 10.1. The van der Waals surface area contributed by atoms with Gasteiger partial charge in [-0.1, -0.05) is 0 Å². The molecule has 2 aromatic rings. The number of H-pyrrole nitrogens is 1. The summed E-state index contributed by atoms with van der Waals surface area (Å²) in [6.45, 7) is 1.85. The van der Waals surface area contributed by atoms with Crippen molar-refractivity contribution in [3.05, 3.63) is 48.3 Å². The quantitative estimate of drug-likeness (QED) is 0.828. The van der Waals surface area contributed by atoms with Crippen LogP contribution in [0.3, 0.4) is 0 Å². The normalized spacial score (nSPS) is 14.2. The largest absolute Gasteiger partial charge is 0.451 e. The fraction of sp³-hybridized carbons (Fsp3) is 0.333. The Labute approximate surface area is 140 Å². The minimum absolute atomic E-state index is 0.314. The minimum Gasteiger partial charge on any atom is -0.451 e. The van der Waals surface area contributed by atoms with Crippen LogP contribution in [0.25, 0.3) is 0 Å². The van der Waals surface area contributed by atoms with E-state index in [2.05, 4.69) is 15.2 Å². The van der Waals surface area contributed by atoms with E-state index >= 15 is 0 Å². The molecule has 0 radical (unpaired) electrons. The van der Waals surface area contributed by atoms with Crippen LogP contribution in [0, 0.1) is 0 Å². The molecule has 2 heterocycles. The first-order valence-corrected chi connectivity index (χ1v) is 8.18. The molecule has 0 saturated carbocycles. The summed E-state index contributed by atoms with van der Waals surface area (Å²) in [6.07, 6.45) is 5.38. The number of carbonyl (C=O) groups is 2. The summed E-state index contributed by atoms with van der Waals surface area (Å²) < 4.78 is 4.95. The summed E-state index contributed by atoms with van der Waals surface area (Å²) in [5.74, 6) is -0.906. The maximum Gasteiger partial charge on any atom is 0.355 e. The fourth-order valence-electron chi connectivity index (χ4n) is 2.77. The van der Waals surface area contributed by atoms with Gasteiger partial charge in [-0.15, -0.1) is 0 Å². The van der Waals surface area contributed by atoms with Crippen molar-refractivity contribution < 1.29 is 14.3 Å². The third-order valence-corrected chi connectivity index (χ3v) is 4.02. The van der Waals surface area contributed by atoms with Gasteiger partial charge in [-0.05, 0) is 55.7 Å². The van der Waals surface area contributed by atoms with E-state index in [9.17, 15) is 9.59 Å². The summed E-state index contributed by atoms with van der Waals surface area (Å²) in [5.41, 5.74) is 2.19. The van der Waals surface area contributed by atoms with Gasteiger partial charge in [0.25, 0.3) is 5.91 Å². The minimum atomic E-state index is -0.546. The zero-order chi connectivity index (χ0) is 16.8. The average Bonchev–Trinajstić information content (AvgIpc) is 3.16. The van der Waals surface area contributed by atoms with Gasteiger partial charge in [0.2, 0.25) is 0 Å². The van der Waals surface area contributed by atoms with Crippen LogP contribution >= 0.6 is 0 Å². The molecule has 1 saturated heterocycles. The highest BCUT2D eigenvalue weighted by molar-refractivity contribution is 5.94. The number of amides is 1. The van der Waals surface area contributed by atoms with Crippen molar-refractivity contribution in [1.82, 2.24) is 4.98 Å². The molecule has 0 bridgehead atoms. The van der Waals surface area contributed by atoms with Crippen LogP contribution in [0.1, 0.15) is 29.8 Å². The highest BCUT2D eigenvalue weighted by atomic mass is 16.5. The van der Waals surface area contributed by atoms with Gasteiger partial charge in [-0.2, -0.15) is 0 Å². The van der Waals surface area contributed by atoms with E-state index in [4.69, 9.17) is 4.74 Å². The van der Waals surface area contributed by atoms with E-state index in [-0.39, 0.29) is 12.5 Å². The Morgan fingerprint density at radius 1 is 1.08 bits per heavy atom. The number of aromatic amines is 1. The van der Waals surface area contributed by atoms with E-state index < -0.39 is 5.97 Å². The molecule has 1 amide bonds. The maximum absolute atomic E-state index is 11.9. The Morgan fingerprint density at radius 3 is 2.50 bits per heavy atom. The molecule has 0 spiro atoms. The van der Waals surface area contributed by atoms with E-state index in [0.29, 0.717) is 11.4 Å². The molecule has 2 N–H and O–H groups in total. The standard InChI is InChI=1S/C18H21N3O3/c22-17(13-24-18(23)16-5-4-10-19-16)20-14-6-8-15(9-7-14)21-11-2-1-3-12-21/h4-10,19H,1-3,11-13H2,(H,20,22). The molecule has 0 unspecified atom stereocenters. The lowest BCUT2D eigenvalue weighted by Crippen LogP contribution is -2.29. The number of ether oxygens (including phenoxy) is 1. The number of nitrogens with zero attached hydrogens (tertiary/aromatic N) is 1. The van der Waals surface area contributed by atoms with Crippen LogP contribution in [0.2, 0.25) is 0 Å². The number of rotatable bonds is 5. The van der Waals surface area contributed by atoms with Gasteiger partial charge in [0.15, 0.2) is 6.61 Å². The van der Waals surface area contributed by atoms with Gasteiger partial charge < -0.3 is 19.9 Å². The number of nitrogens with one attached hydrogen (secondary N) is 2. The highest BCUT2D eigenvalue weighted by Crippen LogP contribution is 2.21. The number of aromatic nitrogens is 1. The highest BCUT2D eigenvalue weighted by Gasteiger charge is 2.12. The molecule has 1 aromatic heterocycles. The predicted octanol–water partition coefficient (Wildman–Crippen LogP) is 2.80. The van der Waals surface area contributed by atoms with Crippen molar-refractivity contribution in [1.29, 1.82) is 0 Å². The molecule has 3 rings (SSSR count). The Bertz CT molecular complexity index is 674.